The third-order valence-corrected chi connectivity index (χ3v) is 5.06. The molecule has 0 aromatic rings. The van der Waals surface area contributed by atoms with E-state index in [1.165, 1.54) is 0 Å². The number of rotatable bonds is 30. The molecule has 0 fully saturated rings. The molecular formula is C27H50O9. The lowest BCUT2D eigenvalue weighted by molar-refractivity contribution is -0.121. The molecule has 0 radical (unpaired) electrons. The van der Waals surface area contributed by atoms with Crippen LogP contribution in [-0.4, -0.2) is 96.6 Å². The number of carbonyl (C=O) groups is 3. The first-order valence-electron chi connectivity index (χ1n) is 13.6. The van der Waals surface area contributed by atoms with Crippen molar-refractivity contribution in [2.45, 2.75) is 78.1 Å². The average molecular weight is 519 g/mol. The first-order chi connectivity index (χ1) is 17.6. The van der Waals surface area contributed by atoms with Crippen molar-refractivity contribution in [3.8, 4) is 0 Å². The number of ether oxygens (including phenoxy) is 6. The molecule has 0 spiro atoms. The van der Waals surface area contributed by atoms with Gasteiger partial charge in [0.15, 0.2) is 0 Å². The van der Waals surface area contributed by atoms with Crippen molar-refractivity contribution < 1.29 is 42.8 Å². The Kier molecular flexibility index (Phi) is 27.4. The molecule has 0 aromatic carbocycles. The Labute approximate surface area is 217 Å². The minimum Gasteiger partial charge on any atom is -0.379 e. The third kappa shape index (κ3) is 27.4. The molecule has 0 aliphatic carbocycles. The Morgan fingerprint density at radius 2 is 0.694 bits per heavy atom. The van der Waals surface area contributed by atoms with Crippen LogP contribution < -0.4 is 0 Å². The van der Waals surface area contributed by atoms with E-state index in [4.69, 9.17) is 28.4 Å². The number of hydrogen-bond donors (Lipinski definition) is 0. The Bertz CT molecular complexity index is 525. The first-order valence-corrected chi connectivity index (χ1v) is 13.6. The van der Waals surface area contributed by atoms with Crippen LogP contribution in [0.2, 0.25) is 0 Å². The smallest absolute Gasteiger partial charge is 0.135 e. The van der Waals surface area contributed by atoms with Crippen LogP contribution in [-0.2, 0) is 42.8 Å². The van der Waals surface area contributed by atoms with Gasteiger partial charge < -0.3 is 28.4 Å². The van der Waals surface area contributed by atoms with Gasteiger partial charge >= 0.3 is 0 Å². The number of Topliss-reactive ketones (excluding diaryl/α,β-unsaturated/α-hetero) is 3. The second-order valence-electron chi connectivity index (χ2n) is 8.50. The van der Waals surface area contributed by atoms with Gasteiger partial charge in [-0.1, -0.05) is 13.8 Å². The van der Waals surface area contributed by atoms with Gasteiger partial charge in [0.1, 0.15) is 17.3 Å². The fraction of sp³-hybridized carbons (Fsp3) is 0.889. The molecule has 0 saturated heterocycles. The summed E-state index contributed by atoms with van der Waals surface area (Å²) in [5.74, 6) is 0.567. The second-order valence-corrected chi connectivity index (χ2v) is 8.50. The highest BCUT2D eigenvalue weighted by Gasteiger charge is 2.04. The lowest BCUT2D eigenvalue weighted by atomic mass is 10.2. The molecule has 9 heteroatoms. The summed E-state index contributed by atoms with van der Waals surface area (Å²) in [4.78, 5) is 35.0. The highest BCUT2D eigenvalue weighted by atomic mass is 16.5. The summed E-state index contributed by atoms with van der Waals surface area (Å²) in [6, 6.07) is 0. The summed E-state index contributed by atoms with van der Waals surface area (Å²) in [6.45, 7) is 9.99. The second kappa shape index (κ2) is 28.3. The minimum atomic E-state index is 0.154. The molecule has 0 heterocycles. The fourth-order valence-corrected chi connectivity index (χ4v) is 3.06. The van der Waals surface area contributed by atoms with Crippen molar-refractivity contribution >= 4 is 17.3 Å². The van der Waals surface area contributed by atoms with Crippen LogP contribution in [0.3, 0.4) is 0 Å². The Balaban J connectivity index is 3.28. The van der Waals surface area contributed by atoms with Crippen molar-refractivity contribution in [1.82, 2.24) is 0 Å². The van der Waals surface area contributed by atoms with Crippen molar-refractivity contribution in [1.29, 1.82) is 0 Å². The number of carbonyl (C=O) groups excluding carboxylic acids is 3. The lowest BCUT2D eigenvalue weighted by Crippen LogP contribution is -2.11. The molecule has 9 nitrogen and oxygen atoms in total. The molecule has 0 rings (SSSR count). The summed E-state index contributed by atoms with van der Waals surface area (Å²) >= 11 is 0. The van der Waals surface area contributed by atoms with Gasteiger partial charge in [-0.15, -0.1) is 0 Å². The van der Waals surface area contributed by atoms with Gasteiger partial charge in [0.2, 0.25) is 0 Å². The maximum atomic E-state index is 11.9. The summed E-state index contributed by atoms with van der Waals surface area (Å²) in [7, 11) is 0. The zero-order valence-corrected chi connectivity index (χ0v) is 22.7. The molecule has 0 atom stereocenters. The molecule has 0 amide bonds. The van der Waals surface area contributed by atoms with Crippen molar-refractivity contribution in [2.75, 3.05) is 79.3 Å². The standard InChI is InChI=1S/C27H50O9/c1-3-7-25(28)10-16-34-23-20-32-14-6-9-27(30)12-18-36-24-21-33-15-5-8-26(29)11-17-35-22-19-31-13-4-2/h3-24H2,1-2H3. The van der Waals surface area contributed by atoms with Gasteiger partial charge in [-0.3, -0.25) is 14.4 Å². The Morgan fingerprint density at radius 3 is 1.06 bits per heavy atom. The van der Waals surface area contributed by atoms with E-state index in [2.05, 4.69) is 6.92 Å². The van der Waals surface area contributed by atoms with E-state index in [-0.39, 0.29) is 17.3 Å². The molecule has 0 bridgehead atoms. The zero-order valence-electron chi connectivity index (χ0n) is 22.7. The maximum Gasteiger partial charge on any atom is 0.135 e. The minimum absolute atomic E-state index is 0.154. The Hall–Kier alpha value is -1.23. The van der Waals surface area contributed by atoms with E-state index in [0.717, 1.165) is 19.4 Å². The van der Waals surface area contributed by atoms with Crippen LogP contribution in [0.5, 0.6) is 0 Å². The largest absolute Gasteiger partial charge is 0.379 e. The first kappa shape index (κ1) is 34.8. The molecule has 36 heavy (non-hydrogen) atoms. The Morgan fingerprint density at radius 1 is 0.361 bits per heavy atom. The number of hydrogen-bond acceptors (Lipinski definition) is 9. The van der Waals surface area contributed by atoms with E-state index in [1.807, 2.05) is 6.92 Å². The molecule has 0 saturated carbocycles. The average Bonchev–Trinajstić information content (AvgIpc) is 2.86. The molecule has 212 valence electrons. The fourth-order valence-electron chi connectivity index (χ4n) is 3.06. The van der Waals surface area contributed by atoms with Crippen molar-refractivity contribution in [3.63, 3.8) is 0 Å². The summed E-state index contributed by atoms with van der Waals surface area (Å²) in [5, 5.41) is 0. The predicted octanol–water partition coefficient (Wildman–Crippen LogP) is 3.73. The predicted molar refractivity (Wildman–Crippen MR) is 137 cm³/mol. The van der Waals surface area contributed by atoms with Crippen LogP contribution in [0.1, 0.15) is 78.1 Å². The highest BCUT2D eigenvalue weighted by molar-refractivity contribution is 5.79. The summed E-state index contributed by atoms with van der Waals surface area (Å²) in [6.07, 6.45) is 6.07. The van der Waals surface area contributed by atoms with E-state index in [1.54, 1.807) is 0 Å². The van der Waals surface area contributed by atoms with Crippen molar-refractivity contribution in [3.05, 3.63) is 0 Å². The van der Waals surface area contributed by atoms with Gasteiger partial charge in [0.05, 0.1) is 59.5 Å². The van der Waals surface area contributed by atoms with Crippen LogP contribution in [0, 0.1) is 0 Å². The van der Waals surface area contributed by atoms with Crippen LogP contribution in [0.4, 0.5) is 0 Å². The monoisotopic (exact) mass is 518 g/mol. The van der Waals surface area contributed by atoms with Crippen molar-refractivity contribution in [2.24, 2.45) is 0 Å². The molecular weight excluding hydrogens is 468 g/mol. The number of ketones is 3. The highest BCUT2D eigenvalue weighted by Crippen LogP contribution is 1.99. The van der Waals surface area contributed by atoms with E-state index >= 15 is 0 Å². The van der Waals surface area contributed by atoms with Gasteiger partial charge in [-0.2, -0.15) is 0 Å². The van der Waals surface area contributed by atoms with E-state index in [9.17, 15) is 14.4 Å². The maximum absolute atomic E-state index is 11.9. The molecule has 0 unspecified atom stereocenters. The third-order valence-electron chi connectivity index (χ3n) is 5.06. The molecule has 0 N–H and O–H groups in total. The lowest BCUT2D eigenvalue weighted by Gasteiger charge is -2.07. The molecule has 0 aliphatic rings. The SMILES string of the molecule is CCCOCCOCCC(=O)CCCOCCOCCC(=O)CCCOCCOCCC(=O)CCC. The van der Waals surface area contributed by atoms with Gasteiger partial charge in [-0.25, -0.2) is 0 Å². The summed E-state index contributed by atoms with van der Waals surface area (Å²) < 4.78 is 32.4. The van der Waals surface area contributed by atoms with E-state index in [0.29, 0.717) is 124 Å². The van der Waals surface area contributed by atoms with Crippen LogP contribution in [0.15, 0.2) is 0 Å². The molecule has 0 aliphatic heterocycles. The topological polar surface area (TPSA) is 107 Å². The summed E-state index contributed by atoms with van der Waals surface area (Å²) in [5.41, 5.74) is 0. The van der Waals surface area contributed by atoms with Crippen LogP contribution >= 0.6 is 0 Å². The van der Waals surface area contributed by atoms with E-state index < -0.39 is 0 Å². The molecule has 0 aromatic heterocycles. The van der Waals surface area contributed by atoms with Crippen LogP contribution in [0.25, 0.3) is 0 Å². The van der Waals surface area contributed by atoms with Gasteiger partial charge in [-0.05, 0) is 25.7 Å². The quantitative estimate of drug-likeness (QED) is 0.131. The zero-order chi connectivity index (χ0) is 26.5. The normalized spacial score (nSPS) is 11.2. The van der Waals surface area contributed by atoms with Gasteiger partial charge in [0, 0.05) is 58.3 Å². The van der Waals surface area contributed by atoms with Gasteiger partial charge in [0.25, 0.3) is 0 Å².